The van der Waals surface area contributed by atoms with Crippen molar-refractivity contribution in [2.75, 3.05) is 6.54 Å². The minimum Gasteiger partial charge on any atom is -0.444 e. The molecule has 19 heavy (non-hydrogen) atoms. The van der Waals surface area contributed by atoms with Crippen molar-refractivity contribution < 1.29 is 14.1 Å². The molecule has 2 N–H and O–H groups in total. The minimum absolute atomic E-state index is 0.115. The van der Waals surface area contributed by atoms with Crippen molar-refractivity contribution in [3.8, 4) is 0 Å². The van der Waals surface area contributed by atoms with E-state index in [1.165, 1.54) is 0 Å². The van der Waals surface area contributed by atoms with Crippen LogP contribution >= 0.6 is 0 Å². The molecule has 1 aliphatic rings. The van der Waals surface area contributed by atoms with E-state index in [-0.39, 0.29) is 12.1 Å². The third kappa shape index (κ3) is 3.07. The van der Waals surface area contributed by atoms with Gasteiger partial charge in [-0.05, 0) is 33.6 Å². The van der Waals surface area contributed by atoms with E-state index in [2.05, 4.69) is 5.16 Å². The van der Waals surface area contributed by atoms with Crippen LogP contribution in [0.1, 0.15) is 51.0 Å². The van der Waals surface area contributed by atoms with Gasteiger partial charge in [-0.25, -0.2) is 4.79 Å². The Bertz CT molecular complexity index is 450. The number of aromatic nitrogens is 1. The van der Waals surface area contributed by atoms with Gasteiger partial charge in [0.15, 0.2) is 5.76 Å². The first-order valence-electron chi connectivity index (χ1n) is 6.55. The molecule has 0 saturated carbocycles. The fourth-order valence-electron chi connectivity index (χ4n) is 2.28. The number of hydrogen-bond acceptors (Lipinski definition) is 5. The summed E-state index contributed by atoms with van der Waals surface area (Å²) >= 11 is 0. The lowest BCUT2D eigenvalue weighted by Gasteiger charge is -2.27. The standard InChI is InChI=1S/C13H21N3O3/c1-13(2,3)18-12(17)16-6-4-5-10(16)11-9(7-14)8-15-19-11/h8,10H,4-7,14H2,1-3H3. The first-order valence-corrected chi connectivity index (χ1v) is 6.55. The highest BCUT2D eigenvalue weighted by Crippen LogP contribution is 2.34. The number of rotatable bonds is 2. The SMILES string of the molecule is CC(C)(C)OC(=O)N1CCCC1c1oncc1CN. The molecular weight excluding hydrogens is 246 g/mol. The van der Waals surface area contributed by atoms with Crippen molar-refractivity contribution in [1.82, 2.24) is 10.1 Å². The van der Waals surface area contributed by atoms with Crippen LogP contribution in [0.15, 0.2) is 10.7 Å². The number of nitrogens with zero attached hydrogens (tertiary/aromatic N) is 2. The molecule has 0 aliphatic carbocycles. The summed E-state index contributed by atoms with van der Waals surface area (Å²) in [7, 11) is 0. The molecule has 1 aliphatic heterocycles. The number of nitrogens with two attached hydrogens (primary N) is 1. The second-order valence-corrected chi connectivity index (χ2v) is 5.75. The van der Waals surface area contributed by atoms with E-state index in [0.717, 1.165) is 18.4 Å². The number of likely N-dealkylation sites (tertiary alicyclic amines) is 1. The number of amides is 1. The van der Waals surface area contributed by atoms with Crippen LogP contribution in [0.5, 0.6) is 0 Å². The number of hydrogen-bond donors (Lipinski definition) is 1. The first-order chi connectivity index (χ1) is 8.92. The average Bonchev–Trinajstić information content (AvgIpc) is 2.94. The molecule has 1 aromatic rings. The van der Waals surface area contributed by atoms with Gasteiger partial charge in [0.25, 0.3) is 0 Å². The Morgan fingerprint density at radius 2 is 2.37 bits per heavy atom. The molecule has 0 bridgehead atoms. The van der Waals surface area contributed by atoms with Crippen LogP contribution in [0.25, 0.3) is 0 Å². The Hall–Kier alpha value is -1.56. The molecule has 1 atom stereocenters. The Morgan fingerprint density at radius 1 is 1.63 bits per heavy atom. The monoisotopic (exact) mass is 267 g/mol. The zero-order chi connectivity index (χ0) is 14.0. The van der Waals surface area contributed by atoms with E-state index in [1.54, 1.807) is 11.1 Å². The molecule has 106 valence electrons. The summed E-state index contributed by atoms with van der Waals surface area (Å²) in [5.41, 5.74) is 6.00. The van der Waals surface area contributed by atoms with Gasteiger partial charge in [0.2, 0.25) is 0 Å². The molecule has 6 nitrogen and oxygen atoms in total. The maximum Gasteiger partial charge on any atom is 0.410 e. The summed E-state index contributed by atoms with van der Waals surface area (Å²) in [5.74, 6) is 0.686. The number of carbonyl (C=O) groups is 1. The molecule has 1 unspecified atom stereocenters. The van der Waals surface area contributed by atoms with Crippen molar-refractivity contribution in [3.63, 3.8) is 0 Å². The Kier molecular flexibility index (Phi) is 3.80. The molecular formula is C13H21N3O3. The largest absolute Gasteiger partial charge is 0.444 e. The fourth-order valence-corrected chi connectivity index (χ4v) is 2.28. The fraction of sp³-hybridized carbons (Fsp3) is 0.692. The highest BCUT2D eigenvalue weighted by molar-refractivity contribution is 5.69. The molecule has 0 radical (unpaired) electrons. The third-order valence-corrected chi connectivity index (χ3v) is 3.08. The third-order valence-electron chi connectivity index (χ3n) is 3.08. The zero-order valence-corrected chi connectivity index (χ0v) is 11.7. The van der Waals surface area contributed by atoms with Crippen LogP contribution < -0.4 is 5.73 Å². The minimum atomic E-state index is -0.498. The molecule has 6 heteroatoms. The Morgan fingerprint density at radius 3 is 3.00 bits per heavy atom. The molecule has 0 spiro atoms. The van der Waals surface area contributed by atoms with Gasteiger partial charge in [0.05, 0.1) is 12.2 Å². The van der Waals surface area contributed by atoms with E-state index in [4.69, 9.17) is 15.0 Å². The summed E-state index contributed by atoms with van der Waals surface area (Å²) in [6.45, 7) is 6.60. The second-order valence-electron chi connectivity index (χ2n) is 5.75. The lowest BCUT2D eigenvalue weighted by molar-refractivity contribution is 0.0203. The maximum atomic E-state index is 12.2. The number of carbonyl (C=O) groups excluding carboxylic acids is 1. The summed E-state index contributed by atoms with van der Waals surface area (Å²) < 4.78 is 10.7. The van der Waals surface area contributed by atoms with E-state index in [1.807, 2.05) is 20.8 Å². The van der Waals surface area contributed by atoms with Gasteiger partial charge >= 0.3 is 6.09 Å². The van der Waals surface area contributed by atoms with Gasteiger partial charge in [0.1, 0.15) is 5.60 Å². The quantitative estimate of drug-likeness (QED) is 0.888. The topological polar surface area (TPSA) is 81.6 Å². The van der Waals surface area contributed by atoms with Gasteiger partial charge in [0, 0.05) is 18.7 Å². The summed E-state index contributed by atoms with van der Waals surface area (Å²) in [4.78, 5) is 13.9. The van der Waals surface area contributed by atoms with Crippen LogP contribution in [0, 0.1) is 0 Å². The van der Waals surface area contributed by atoms with Crippen molar-refractivity contribution in [2.45, 2.75) is 51.8 Å². The lowest BCUT2D eigenvalue weighted by Crippen LogP contribution is -2.36. The van der Waals surface area contributed by atoms with Gasteiger partial charge in [-0.15, -0.1) is 0 Å². The summed E-state index contributed by atoms with van der Waals surface area (Å²) in [5, 5.41) is 3.77. The van der Waals surface area contributed by atoms with Crippen LogP contribution in [0.4, 0.5) is 4.79 Å². The average molecular weight is 267 g/mol. The number of ether oxygens (including phenoxy) is 1. The van der Waals surface area contributed by atoms with Crippen LogP contribution in [0.2, 0.25) is 0 Å². The zero-order valence-electron chi connectivity index (χ0n) is 11.7. The smallest absolute Gasteiger partial charge is 0.410 e. The first kappa shape index (κ1) is 13.9. The van der Waals surface area contributed by atoms with Crippen LogP contribution in [-0.2, 0) is 11.3 Å². The molecule has 2 heterocycles. The van der Waals surface area contributed by atoms with E-state index in [0.29, 0.717) is 18.8 Å². The van der Waals surface area contributed by atoms with Gasteiger partial charge in [-0.3, -0.25) is 4.90 Å². The molecule has 1 aromatic heterocycles. The van der Waals surface area contributed by atoms with Crippen LogP contribution in [0.3, 0.4) is 0 Å². The molecule has 2 rings (SSSR count). The predicted molar refractivity (Wildman–Crippen MR) is 69.3 cm³/mol. The normalized spacial score (nSPS) is 19.8. The lowest BCUT2D eigenvalue weighted by atomic mass is 10.1. The van der Waals surface area contributed by atoms with Crippen LogP contribution in [-0.4, -0.2) is 28.3 Å². The second kappa shape index (κ2) is 5.21. The van der Waals surface area contributed by atoms with E-state index in [9.17, 15) is 4.79 Å². The van der Waals surface area contributed by atoms with Crippen molar-refractivity contribution in [1.29, 1.82) is 0 Å². The molecule has 1 saturated heterocycles. The summed E-state index contributed by atoms with van der Waals surface area (Å²) in [6, 6.07) is -0.115. The van der Waals surface area contributed by atoms with Gasteiger partial charge < -0.3 is 15.0 Å². The van der Waals surface area contributed by atoms with Crippen molar-refractivity contribution in [3.05, 3.63) is 17.5 Å². The van der Waals surface area contributed by atoms with E-state index >= 15 is 0 Å². The Balaban J connectivity index is 2.15. The molecule has 1 amide bonds. The highest BCUT2D eigenvalue weighted by Gasteiger charge is 2.36. The van der Waals surface area contributed by atoms with Gasteiger partial charge in [-0.2, -0.15) is 0 Å². The van der Waals surface area contributed by atoms with Gasteiger partial charge in [-0.1, -0.05) is 5.16 Å². The Labute approximate surface area is 112 Å². The van der Waals surface area contributed by atoms with Crippen molar-refractivity contribution in [2.24, 2.45) is 5.73 Å². The highest BCUT2D eigenvalue weighted by atomic mass is 16.6. The molecule has 0 aromatic carbocycles. The summed E-state index contributed by atoms with van der Waals surface area (Å²) in [6.07, 6.45) is 3.08. The molecule has 1 fully saturated rings. The predicted octanol–water partition coefficient (Wildman–Crippen LogP) is 2.21. The maximum absolute atomic E-state index is 12.2. The van der Waals surface area contributed by atoms with Crippen molar-refractivity contribution >= 4 is 6.09 Å². The van der Waals surface area contributed by atoms with E-state index < -0.39 is 5.60 Å².